The lowest BCUT2D eigenvalue weighted by Gasteiger charge is -2.43. The molecule has 4 heteroatoms. The Balaban J connectivity index is 1.69. The second kappa shape index (κ2) is 6.52. The van der Waals surface area contributed by atoms with Crippen molar-refractivity contribution in [3.05, 3.63) is 64.7 Å². The van der Waals surface area contributed by atoms with Gasteiger partial charge in [0.15, 0.2) is 0 Å². The molecule has 2 aromatic carbocycles. The van der Waals surface area contributed by atoms with Crippen molar-refractivity contribution in [2.45, 2.75) is 31.9 Å². The molecule has 0 saturated carbocycles. The first-order valence-corrected chi connectivity index (χ1v) is 8.84. The number of carbonyl (C=O) groups is 1. The Bertz CT molecular complexity index is 784. The Labute approximate surface area is 148 Å². The fourth-order valence-electron chi connectivity index (χ4n) is 4.06. The number of carbonyl (C=O) groups excluding carboxylic acids is 1. The molecule has 4 rings (SSSR count). The van der Waals surface area contributed by atoms with Crippen LogP contribution in [0.4, 0.5) is 5.69 Å². The van der Waals surface area contributed by atoms with E-state index in [4.69, 9.17) is 9.47 Å². The highest BCUT2D eigenvalue weighted by Crippen LogP contribution is 2.49. The highest BCUT2D eigenvalue weighted by molar-refractivity contribution is 5.89. The van der Waals surface area contributed by atoms with Crippen LogP contribution in [0.2, 0.25) is 0 Å². The van der Waals surface area contributed by atoms with Crippen LogP contribution in [0.5, 0.6) is 0 Å². The predicted octanol–water partition coefficient (Wildman–Crippen LogP) is 4.42. The fourth-order valence-corrected chi connectivity index (χ4v) is 4.06. The molecule has 1 fully saturated rings. The van der Waals surface area contributed by atoms with Gasteiger partial charge in [-0.25, -0.2) is 4.79 Å². The molecule has 2 heterocycles. The summed E-state index contributed by atoms with van der Waals surface area (Å²) < 4.78 is 11.0. The number of ether oxygens (including phenoxy) is 2. The predicted molar refractivity (Wildman–Crippen MR) is 96.7 cm³/mol. The van der Waals surface area contributed by atoms with Crippen LogP contribution in [-0.2, 0) is 9.47 Å². The first-order valence-electron chi connectivity index (χ1n) is 8.84. The number of hydrogen-bond acceptors (Lipinski definition) is 4. The minimum Gasteiger partial charge on any atom is -0.465 e. The van der Waals surface area contributed by atoms with Crippen molar-refractivity contribution in [1.82, 2.24) is 0 Å². The van der Waals surface area contributed by atoms with Crippen LogP contribution in [0.25, 0.3) is 0 Å². The number of nitrogens with one attached hydrogen (secondary N) is 1. The van der Waals surface area contributed by atoms with Gasteiger partial charge in [-0.3, -0.25) is 0 Å². The molecule has 0 spiro atoms. The van der Waals surface area contributed by atoms with Crippen LogP contribution in [0.15, 0.2) is 42.5 Å². The topological polar surface area (TPSA) is 47.6 Å². The van der Waals surface area contributed by atoms with Crippen molar-refractivity contribution >= 4 is 11.7 Å². The van der Waals surface area contributed by atoms with Crippen molar-refractivity contribution in [2.75, 3.05) is 19.0 Å². The van der Waals surface area contributed by atoms with Crippen molar-refractivity contribution in [3.8, 4) is 0 Å². The zero-order valence-electron chi connectivity index (χ0n) is 14.6. The van der Waals surface area contributed by atoms with E-state index in [1.54, 1.807) is 0 Å². The highest BCUT2D eigenvalue weighted by Gasteiger charge is 2.39. The average Bonchev–Trinajstić information content (AvgIpc) is 2.67. The first kappa shape index (κ1) is 16.2. The SMILES string of the molecule is COC(=O)c1ccc([C@H]2Nc3ccc(C)cc3[C@H]3OCCC[C@@H]23)cc1. The summed E-state index contributed by atoms with van der Waals surface area (Å²) >= 11 is 0. The minimum atomic E-state index is -0.303. The third-order valence-corrected chi connectivity index (χ3v) is 5.31. The molecule has 0 unspecified atom stereocenters. The maximum atomic E-state index is 11.7. The van der Waals surface area contributed by atoms with Gasteiger partial charge in [0.2, 0.25) is 0 Å². The molecule has 4 nitrogen and oxygen atoms in total. The molecule has 0 aromatic heterocycles. The number of rotatable bonds is 2. The molecule has 1 N–H and O–H groups in total. The summed E-state index contributed by atoms with van der Waals surface area (Å²) in [6.07, 6.45) is 2.35. The summed E-state index contributed by atoms with van der Waals surface area (Å²) in [4.78, 5) is 11.7. The molecule has 3 atom stereocenters. The number of anilines is 1. The fraction of sp³-hybridized carbons (Fsp3) is 0.381. The Kier molecular flexibility index (Phi) is 4.22. The van der Waals surface area contributed by atoms with Crippen molar-refractivity contribution in [1.29, 1.82) is 0 Å². The second-order valence-corrected chi connectivity index (χ2v) is 6.92. The van der Waals surface area contributed by atoms with E-state index in [-0.39, 0.29) is 18.1 Å². The van der Waals surface area contributed by atoms with Crippen LogP contribution in [0.3, 0.4) is 0 Å². The van der Waals surface area contributed by atoms with Crippen LogP contribution < -0.4 is 5.32 Å². The lowest BCUT2D eigenvalue weighted by atomic mass is 9.77. The van der Waals surface area contributed by atoms with Crippen LogP contribution in [0, 0.1) is 12.8 Å². The number of fused-ring (bicyclic) bond motifs is 3. The Morgan fingerprint density at radius 2 is 2.00 bits per heavy atom. The summed E-state index contributed by atoms with van der Waals surface area (Å²) in [5.74, 6) is 0.0925. The minimum absolute atomic E-state index is 0.134. The monoisotopic (exact) mass is 337 g/mol. The molecular formula is C21H23NO3. The van der Waals surface area contributed by atoms with Gasteiger partial charge in [0, 0.05) is 23.8 Å². The van der Waals surface area contributed by atoms with E-state index in [9.17, 15) is 4.79 Å². The lowest BCUT2D eigenvalue weighted by molar-refractivity contribution is -0.0381. The molecule has 0 bridgehead atoms. The maximum Gasteiger partial charge on any atom is 0.337 e. The van der Waals surface area contributed by atoms with E-state index in [2.05, 4.69) is 30.4 Å². The molecular weight excluding hydrogens is 314 g/mol. The molecule has 0 radical (unpaired) electrons. The van der Waals surface area contributed by atoms with Gasteiger partial charge in [0.25, 0.3) is 0 Å². The standard InChI is InChI=1S/C21H23NO3/c1-13-5-10-18-17(12-13)20-16(4-3-11-25-20)19(22-18)14-6-8-15(9-7-14)21(23)24-2/h5-10,12,16,19-20,22H,3-4,11H2,1-2H3/t16-,19+,20-/m0/s1. The quantitative estimate of drug-likeness (QED) is 0.824. The summed E-state index contributed by atoms with van der Waals surface area (Å²) in [7, 11) is 1.40. The van der Waals surface area contributed by atoms with Gasteiger partial charge < -0.3 is 14.8 Å². The molecule has 1 saturated heterocycles. The van der Waals surface area contributed by atoms with E-state index in [0.29, 0.717) is 11.5 Å². The van der Waals surface area contributed by atoms with Gasteiger partial charge in [-0.1, -0.05) is 29.8 Å². The summed E-state index contributed by atoms with van der Waals surface area (Å²) in [5, 5.41) is 3.71. The lowest BCUT2D eigenvalue weighted by Crippen LogP contribution is -2.36. The van der Waals surface area contributed by atoms with E-state index < -0.39 is 0 Å². The summed E-state index contributed by atoms with van der Waals surface area (Å²) in [6, 6.07) is 14.4. The molecule has 0 amide bonds. The highest BCUT2D eigenvalue weighted by atomic mass is 16.5. The first-order chi connectivity index (χ1) is 12.2. The summed E-state index contributed by atoms with van der Waals surface area (Å²) in [6.45, 7) is 2.94. The van der Waals surface area contributed by atoms with E-state index in [1.165, 1.54) is 23.8 Å². The zero-order valence-corrected chi connectivity index (χ0v) is 14.6. The van der Waals surface area contributed by atoms with Gasteiger partial charge >= 0.3 is 5.97 Å². The molecule has 130 valence electrons. The molecule has 2 aliphatic heterocycles. The van der Waals surface area contributed by atoms with Crippen LogP contribution in [-0.4, -0.2) is 19.7 Å². The van der Waals surface area contributed by atoms with Gasteiger partial charge in [-0.05, 0) is 43.5 Å². The van der Waals surface area contributed by atoms with E-state index in [0.717, 1.165) is 25.1 Å². The van der Waals surface area contributed by atoms with Crippen molar-refractivity contribution in [3.63, 3.8) is 0 Å². The van der Waals surface area contributed by atoms with Gasteiger partial charge in [0.1, 0.15) is 0 Å². The normalized spacial score (nSPS) is 24.6. The van der Waals surface area contributed by atoms with Crippen LogP contribution >= 0.6 is 0 Å². The Morgan fingerprint density at radius 3 is 2.76 bits per heavy atom. The van der Waals surface area contributed by atoms with Gasteiger partial charge in [-0.15, -0.1) is 0 Å². The number of benzene rings is 2. The molecule has 0 aliphatic carbocycles. The maximum absolute atomic E-state index is 11.7. The second-order valence-electron chi connectivity index (χ2n) is 6.92. The van der Waals surface area contributed by atoms with Crippen molar-refractivity contribution in [2.24, 2.45) is 5.92 Å². The third-order valence-electron chi connectivity index (χ3n) is 5.31. The van der Waals surface area contributed by atoms with Gasteiger partial charge in [0.05, 0.1) is 24.8 Å². The molecule has 2 aromatic rings. The number of methoxy groups -OCH3 is 1. The zero-order chi connectivity index (χ0) is 17.4. The van der Waals surface area contributed by atoms with Gasteiger partial charge in [-0.2, -0.15) is 0 Å². The van der Waals surface area contributed by atoms with E-state index >= 15 is 0 Å². The van der Waals surface area contributed by atoms with Crippen molar-refractivity contribution < 1.29 is 14.3 Å². The largest absolute Gasteiger partial charge is 0.465 e. The molecule has 25 heavy (non-hydrogen) atoms. The molecule has 2 aliphatic rings. The van der Waals surface area contributed by atoms with Crippen LogP contribution in [0.1, 0.15) is 52.0 Å². The number of esters is 1. The van der Waals surface area contributed by atoms with E-state index in [1.807, 2.05) is 24.3 Å². The Hall–Kier alpha value is -2.33. The number of hydrogen-bond donors (Lipinski definition) is 1. The Morgan fingerprint density at radius 1 is 1.20 bits per heavy atom. The number of aryl methyl sites for hydroxylation is 1. The average molecular weight is 337 g/mol. The smallest absolute Gasteiger partial charge is 0.337 e. The third kappa shape index (κ3) is 2.91. The summed E-state index contributed by atoms with van der Waals surface area (Å²) in [5.41, 5.74) is 5.44.